The van der Waals surface area contributed by atoms with Crippen LogP contribution in [-0.2, 0) is 0 Å². The maximum absolute atomic E-state index is 5.90. The molecule has 0 amide bonds. The number of nitrogens with two attached hydrogens (primary N) is 1. The van der Waals surface area contributed by atoms with Gasteiger partial charge in [-0.1, -0.05) is 0 Å². The lowest BCUT2D eigenvalue weighted by Gasteiger charge is -2.10. The van der Waals surface area contributed by atoms with Crippen molar-refractivity contribution in [3.05, 3.63) is 72.7 Å². The van der Waals surface area contributed by atoms with Gasteiger partial charge >= 0.3 is 0 Å². The molecule has 8 heteroatoms. The fraction of sp³-hybridized carbons (Fsp3) is 0.0909. The summed E-state index contributed by atoms with van der Waals surface area (Å²) >= 11 is 0. The lowest BCUT2D eigenvalue weighted by atomic mass is 10.2. The topological polar surface area (TPSA) is 108 Å². The van der Waals surface area contributed by atoms with E-state index in [0.29, 0.717) is 17.4 Å². The van der Waals surface area contributed by atoms with Crippen molar-refractivity contribution >= 4 is 17.5 Å². The van der Waals surface area contributed by atoms with E-state index in [9.17, 15) is 0 Å². The third kappa shape index (κ3) is 4.61. The summed E-state index contributed by atoms with van der Waals surface area (Å²) in [5, 5.41) is 3.24. The second kappa shape index (κ2) is 8.44. The maximum Gasteiger partial charge on any atom is 0.222 e. The number of pyridine rings is 2. The Kier molecular flexibility index (Phi) is 5.38. The standard InChI is InChI=1S/C22H20N6O2/c1-14-11-18(9-10-24-14)30-17-6-4-16(5-7-17)26-20-12-19(27-22(23)28-20)15-3-8-21(29-2)25-13-15/h3-13H,1-2H3,(H3,23,26,27,28). The molecule has 3 heterocycles. The summed E-state index contributed by atoms with van der Waals surface area (Å²) in [5.41, 5.74) is 9.10. The molecule has 0 aliphatic carbocycles. The molecule has 0 aliphatic rings. The highest BCUT2D eigenvalue weighted by atomic mass is 16.5. The average molecular weight is 400 g/mol. The van der Waals surface area contributed by atoms with E-state index in [1.807, 2.05) is 55.5 Å². The minimum Gasteiger partial charge on any atom is -0.481 e. The first-order chi connectivity index (χ1) is 14.6. The highest BCUT2D eigenvalue weighted by Gasteiger charge is 2.07. The molecule has 150 valence electrons. The summed E-state index contributed by atoms with van der Waals surface area (Å²) in [6, 6.07) is 16.7. The number of benzene rings is 1. The minimum absolute atomic E-state index is 0.166. The van der Waals surface area contributed by atoms with Crippen molar-refractivity contribution in [3.63, 3.8) is 0 Å². The first-order valence-corrected chi connectivity index (χ1v) is 9.21. The monoisotopic (exact) mass is 400 g/mol. The van der Waals surface area contributed by atoms with E-state index in [2.05, 4.69) is 25.3 Å². The number of hydrogen-bond donors (Lipinski definition) is 2. The molecule has 4 rings (SSSR count). The predicted molar refractivity (Wildman–Crippen MR) is 115 cm³/mol. The molecule has 3 aromatic heterocycles. The minimum atomic E-state index is 0.166. The molecular weight excluding hydrogens is 380 g/mol. The number of methoxy groups -OCH3 is 1. The van der Waals surface area contributed by atoms with Crippen LogP contribution in [0.25, 0.3) is 11.3 Å². The first kappa shape index (κ1) is 19.1. The second-order valence-corrected chi connectivity index (χ2v) is 6.47. The zero-order chi connectivity index (χ0) is 20.9. The fourth-order valence-corrected chi connectivity index (χ4v) is 2.80. The molecule has 0 radical (unpaired) electrons. The van der Waals surface area contributed by atoms with E-state index in [4.69, 9.17) is 15.2 Å². The second-order valence-electron chi connectivity index (χ2n) is 6.47. The third-order valence-electron chi connectivity index (χ3n) is 4.22. The van der Waals surface area contributed by atoms with Crippen LogP contribution >= 0.6 is 0 Å². The largest absolute Gasteiger partial charge is 0.481 e. The van der Waals surface area contributed by atoms with Crippen molar-refractivity contribution in [2.24, 2.45) is 0 Å². The van der Waals surface area contributed by atoms with Gasteiger partial charge in [0, 0.05) is 47.5 Å². The Morgan fingerprint density at radius 3 is 2.43 bits per heavy atom. The van der Waals surface area contributed by atoms with Crippen molar-refractivity contribution in [3.8, 4) is 28.6 Å². The van der Waals surface area contributed by atoms with E-state index in [1.54, 1.807) is 25.6 Å². The zero-order valence-electron chi connectivity index (χ0n) is 16.5. The number of aromatic nitrogens is 4. The smallest absolute Gasteiger partial charge is 0.222 e. The lowest BCUT2D eigenvalue weighted by Crippen LogP contribution is -2.01. The number of anilines is 3. The molecule has 8 nitrogen and oxygen atoms in total. The zero-order valence-corrected chi connectivity index (χ0v) is 16.5. The van der Waals surface area contributed by atoms with Gasteiger partial charge in [0.15, 0.2) is 0 Å². The Morgan fingerprint density at radius 1 is 0.900 bits per heavy atom. The molecule has 0 aliphatic heterocycles. The molecule has 0 saturated carbocycles. The van der Waals surface area contributed by atoms with Gasteiger partial charge in [-0.15, -0.1) is 0 Å². The van der Waals surface area contributed by atoms with Crippen molar-refractivity contribution in [2.75, 3.05) is 18.2 Å². The SMILES string of the molecule is COc1ccc(-c2cc(Nc3ccc(Oc4ccnc(C)c4)cc3)nc(N)n2)cn1. The van der Waals surface area contributed by atoms with E-state index in [0.717, 1.165) is 28.4 Å². The van der Waals surface area contributed by atoms with Gasteiger partial charge < -0.3 is 20.5 Å². The van der Waals surface area contributed by atoms with Crippen LogP contribution in [0.3, 0.4) is 0 Å². The van der Waals surface area contributed by atoms with Crippen molar-refractivity contribution in [1.82, 2.24) is 19.9 Å². The molecular formula is C22H20N6O2. The molecule has 0 saturated heterocycles. The number of aryl methyl sites for hydroxylation is 1. The average Bonchev–Trinajstić information content (AvgIpc) is 2.75. The van der Waals surface area contributed by atoms with Gasteiger partial charge in [-0.05, 0) is 43.3 Å². The number of rotatable bonds is 6. The van der Waals surface area contributed by atoms with Crippen LogP contribution in [0.4, 0.5) is 17.5 Å². The Balaban J connectivity index is 1.50. The lowest BCUT2D eigenvalue weighted by molar-refractivity contribution is 0.398. The van der Waals surface area contributed by atoms with E-state index in [1.165, 1.54) is 0 Å². The summed E-state index contributed by atoms with van der Waals surface area (Å²) < 4.78 is 10.9. The molecule has 4 aromatic rings. The number of ether oxygens (including phenoxy) is 2. The summed E-state index contributed by atoms with van der Waals surface area (Å²) in [6.07, 6.45) is 3.40. The van der Waals surface area contributed by atoms with E-state index >= 15 is 0 Å². The van der Waals surface area contributed by atoms with Crippen molar-refractivity contribution < 1.29 is 9.47 Å². The molecule has 0 bridgehead atoms. The van der Waals surface area contributed by atoms with E-state index in [-0.39, 0.29) is 5.95 Å². The van der Waals surface area contributed by atoms with Gasteiger partial charge in [0.1, 0.15) is 17.3 Å². The Bertz CT molecular complexity index is 1150. The summed E-state index contributed by atoms with van der Waals surface area (Å²) in [5.74, 6) is 2.73. The van der Waals surface area contributed by atoms with Crippen LogP contribution < -0.4 is 20.5 Å². The van der Waals surface area contributed by atoms with Crippen molar-refractivity contribution in [1.29, 1.82) is 0 Å². The Labute approximate surface area is 173 Å². The Hall–Kier alpha value is -4.20. The van der Waals surface area contributed by atoms with Gasteiger partial charge in [-0.2, -0.15) is 4.98 Å². The van der Waals surface area contributed by atoms with Crippen molar-refractivity contribution in [2.45, 2.75) is 6.92 Å². The molecule has 0 fully saturated rings. The summed E-state index contributed by atoms with van der Waals surface area (Å²) in [7, 11) is 1.57. The molecule has 1 aromatic carbocycles. The molecule has 30 heavy (non-hydrogen) atoms. The molecule has 0 spiro atoms. The van der Waals surface area contributed by atoms with Gasteiger partial charge in [-0.3, -0.25) is 4.98 Å². The van der Waals surface area contributed by atoms with Crippen LogP contribution in [0, 0.1) is 6.92 Å². The third-order valence-corrected chi connectivity index (χ3v) is 4.22. The van der Waals surface area contributed by atoms with Crippen LogP contribution in [0.15, 0.2) is 67.0 Å². The number of nitrogens with one attached hydrogen (secondary N) is 1. The number of nitrogens with zero attached hydrogens (tertiary/aromatic N) is 4. The van der Waals surface area contributed by atoms with E-state index < -0.39 is 0 Å². The molecule has 3 N–H and O–H groups in total. The van der Waals surface area contributed by atoms with Gasteiger partial charge in [0.2, 0.25) is 11.8 Å². The molecule has 0 unspecified atom stereocenters. The predicted octanol–water partition coefficient (Wildman–Crippen LogP) is 4.37. The summed E-state index contributed by atoms with van der Waals surface area (Å²) in [6.45, 7) is 1.92. The highest BCUT2D eigenvalue weighted by Crippen LogP contribution is 2.26. The fourth-order valence-electron chi connectivity index (χ4n) is 2.80. The normalized spacial score (nSPS) is 10.5. The van der Waals surface area contributed by atoms with Crippen LogP contribution in [0.1, 0.15) is 5.69 Å². The summed E-state index contributed by atoms with van der Waals surface area (Å²) in [4.78, 5) is 16.9. The number of nitrogen functional groups attached to an aromatic ring is 1. The Morgan fingerprint density at radius 2 is 1.73 bits per heavy atom. The van der Waals surface area contributed by atoms with Crippen LogP contribution in [0.5, 0.6) is 17.4 Å². The first-order valence-electron chi connectivity index (χ1n) is 9.21. The highest BCUT2D eigenvalue weighted by molar-refractivity contribution is 5.67. The van der Waals surface area contributed by atoms with Gasteiger partial charge in [0.05, 0.1) is 12.8 Å². The van der Waals surface area contributed by atoms with Gasteiger partial charge in [0.25, 0.3) is 0 Å². The molecule has 0 atom stereocenters. The number of hydrogen-bond acceptors (Lipinski definition) is 8. The quantitative estimate of drug-likeness (QED) is 0.491. The maximum atomic E-state index is 5.90. The van der Waals surface area contributed by atoms with Crippen LogP contribution in [-0.4, -0.2) is 27.0 Å². The van der Waals surface area contributed by atoms with Gasteiger partial charge in [-0.25, -0.2) is 9.97 Å². The van der Waals surface area contributed by atoms with Crippen LogP contribution in [0.2, 0.25) is 0 Å².